The van der Waals surface area contributed by atoms with Crippen molar-refractivity contribution in [2.24, 2.45) is 16.7 Å². The maximum absolute atomic E-state index is 12.7. The number of nitrogens with zero attached hydrogens (tertiary/aromatic N) is 2. The summed E-state index contributed by atoms with van der Waals surface area (Å²) in [5.74, 6) is 1.23. The highest BCUT2D eigenvalue weighted by atomic mass is 35.5. The second kappa shape index (κ2) is 9.53. The number of aryl methyl sites for hydroxylation is 1. The lowest BCUT2D eigenvalue weighted by Gasteiger charge is -2.30. The number of nitriles is 1. The van der Waals surface area contributed by atoms with Gasteiger partial charge in [-0.3, -0.25) is 4.79 Å². The van der Waals surface area contributed by atoms with Gasteiger partial charge < -0.3 is 4.90 Å². The van der Waals surface area contributed by atoms with Crippen LogP contribution >= 0.6 is 11.6 Å². The Morgan fingerprint density at radius 3 is 2.81 bits per heavy atom. The SMILES string of the molecule is CCCCC(=O)N1CC[C@@]2(C1)C[C@@]2(CCc1ccc(C#N)c(Cl)c1)CC1CCCCC1. The Morgan fingerprint density at radius 1 is 1.29 bits per heavy atom. The third-order valence-corrected chi connectivity index (χ3v) is 8.89. The van der Waals surface area contributed by atoms with Crippen LogP contribution in [0.4, 0.5) is 0 Å². The van der Waals surface area contributed by atoms with Crippen molar-refractivity contribution in [3.63, 3.8) is 0 Å². The predicted molar refractivity (Wildman–Crippen MR) is 126 cm³/mol. The molecule has 4 rings (SSSR count). The summed E-state index contributed by atoms with van der Waals surface area (Å²) in [5, 5.41) is 9.73. The largest absolute Gasteiger partial charge is 0.342 e. The molecule has 2 saturated carbocycles. The number of hydrogen-bond donors (Lipinski definition) is 0. The molecule has 0 aromatic heterocycles. The smallest absolute Gasteiger partial charge is 0.222 e. The highest BCUT2D eigenvalue weighted by molar-refractivity contribution is 6.31. The lowest BCUT2D eigenvalue weighted by atomic mass is 9.75. The zero-order chi connectivity index (χ0) is 21.9. The number of carbonyl (C=O) groups excluding carboxylic acids is 1. The van der Waals surface area contributed by atoms with Crippen molar-refractivity contribution in [3.05, 3.63) is 34.3 Å². The van der Waals surface area contributed by atoms with Crippen LogP contribution in [0.3, 0.4) is 0 Å². The molecule has 3 fully saturated rings. The van der Waals surface area contributed by atoms with Crippen LogP contribution in [-0.4, -0.2) is 23.9 Å². The zero-order valence-electron chi connectivity index (χ0n) is 19.1. The number of carbonyl (C=O) groups is 1. The Balaban J connectivity index is 1.46. The molecule has 1 heterocycles. The maximum Gasteiger partial charge on any atom is 0.222 e. The minimum absolute atomic E-state index is 0.350. The highest BCUT2D eigenvalue weighted by Gasteiger charge is 2.68. The van der Waals surface area contributed by atoms with Crippen LogP contribution in [0.15, 0.2) is 18.2 Å². The summed E-state index contributed by atoms with van der Waals surface area (Å²) in [6, 6.07) is 8.08. The Kier molecular flexibility index (Phi) is 6.97. The Labute approximate surface area is 193 Å². The number of likely N-dealkylation sites (tertiary alicyclic amines) is 1. The van der Waals surface area contributed by atoms with Crippen molar-refractivity contribution in [2.75, 3.05) is 13.1 Å². The Hall–Kier alpha value is -1.53. The van der Waals surface area contributed by atoms with Gasteiger partial charge in [-0.15, -0.1) is 0 Å². The molecule has 1 amide bonds. The summed E-state index contributed by atoms with van der Waals surface area (Å²) in [7, 11) is 0. The maximum atomic E-state index is 12.7. The van der Waals surface area contributed by atoms with Crippen LogP contribution in [-0.2, 0) is 11.2 Å². The van der Waals surface area contributed by atoms with Gasteiger partial charge >= 0.3 is 0 Å². The van der Waals surface area contributed by atoms with E-state index in [-0.39, 0.29) is 0 Å². The van der Waals surface area contributed by atoms with Gasteiger partial charge in [0.15, 0.2) is 0 Å². The van der Waals surface area contributed by atoms with Crippen molar-refractivity contribution >= 4 is 17.5 Å². The average molecular weight is 441 g/mol. The van der Waals surface area contributed by atoms with E-state index in [2.05, 4.69) is 24.0 Å². The van der Waals surface area contributed by atoms with Gasteiger partial charge in [0, 0.05) is 19.5 Å². The molecule has 0 unspecified atom stereocenters. The molecule has 0 bridgehead atoms. The third-order valence-electron chi connectivity index (χ3n) is 8.58. The highest BCUT2D eigenvalue weighted by Crippen LogP contribution is 2.73. The van der Waals surface area contributed by atoms with E-state index in [1.54, 1.807) is 0 Å². The molecule has 1 aliphatic heterocycles. The molecule has 31 heavy (non-hydrogen) atoms. The first-order chi connectivity index (χ1) is 15.0. The molecule has 0 radical (unpaired) electrons. The van der Waals surface area contributed by atoms with Crippen LogP contribution in [0.5, 0.6) is 0 Å². The first kappa shape index (κ1) is 22.7. The van der Waals surface area contributed by atoms with Crippen molar-refractivity contribution in [2.45, 2.75) is 90.4 Å². The number of amides is 1. The van der Waals surface area contributed by atoms with Gasteiger partial charge in [0.2, 0.25) is 5.91 Å². The average Bonchev–Trinajstić information content (AvgIpc) is 3.14. The van der Waals surface area contributed by atoms with Gasteiger partial charge in [-0.25, -0.2) is 0 Å². The van der Waals surface area contributed by atoms with Crippen molar-refractivity contribution in [1.29, 1.82) is 5.26 Å². The molecular formula is C27H37ClN2O. The summed E-state index contributed by atoms with van der Waals surface area (Å²) in [6.07, 6.45) is 15.8. The van der Waals surface area contributed by atoms with E-state index in [4.69, 9.17) is 16.9 Å². The van der Waals surface area contributed by atoms with Gasteiger partial charge in [-0.2, -0.15) is 5.26 Å². The second-order valence-electron chi connectivity index (χ2n) is 10.5. The van der Waals surface area contributed by atoms with Gasteiger partial charge in [0.1, 0.15) is 6.07 Å². The van der Waals surface area contributed by atoms with Crippen LogP contribution in [0.25, 0.3) is 0 Å². The summed E-state index contributed by atoms with van der Waals surface area (Å²) in [4.78, 5) is 14.9. The van der Waals surface area contributed by atoms with Crippen LogP contribution < -0.4 is 0 Å². The minimum atomic E-state index is 0.350. The van der Waals surface area contributed by atoms with E-state index >= 15 is 0 Å². The van der Waals surface area contributed by atoms with E-state index in [0.717, 1.165) is 38.3 Å². The molecule has 168 valence electrons. The molecule has 1 saturated heterocycles. The first-order valence-electron chi connectivity index (χ1n) is 12.5. The van der Waals surface area contributed by atoms with Crippen molar-refractivity contribution in [1.82, 2.24) is 4.90 Å². The normalized spacial score (nSPS) is 28.1. The fourth-order valence-corrected chi connectivity index (χ4v) is 6.87. The lowest BCUT2D eigenvalue weighted by Crippen LogP contribution is -2.30. The number of halogens is 1. The Morgan fingerprint density at radius 2 is 2.10 bits per heavy atom. The third kappa shape index (κ3) is 4.80. The van der Waals surface area contributed by atoms with Crippen LogP contribution in [0.1, 0.15) is 95.1 Å². The molecule has 1 aromatic rings. The monoisotopic (exact) mass is 440 g/mol. The van der Waals surface area contributed by atoms with Crippen molar-refractivity contribution < 1.29 is 4.79 Å². The first-order valence-corrected chi connectivity index (χ1v) is 12.8. The Bertz CT molecular complexity index is 840. The fourth-order valence-electron chi connectivity index (χ4n) is 6.63. The van der Waals surface area contributed by atoms with E-state index in [9.17, 15) is 4.79 Å². The number of benzene rings is 1. The lowest BCUT2D eigenvalue weighted by molar-refractivity contribution is -0.130. The molecule has 1 aromatic carbocycles. The number of unbranched alkanes of at least 4 members (excludes halogenated alkanes) is 1. The van der Waals surface area contributed by atoms with Crippen LogP contribution in [0, 0.1) is 28.1 Å². The molecule has 3 aliphatic rings. The number of hydrogen-bond acceptors (Lipinski definition) is 2. The standard InChI is InChI=1S/C27H37ClN2O/c1-2-3-9-25(31)30-15-14-27(20-30)19-26(27,17-22-7-5-4-6-8-22)13-12-21-10-11-23(18-29)24(28)16-21/h10-11,16,22H,2-9,12-15,17,19-20H2,1H3/t26-,27+/m1/s1. The van der Waals surface area contributed by atoms with Crippen LogP contribution in [0.2, 0.25) is 5.02 Å². The molecular weight excluding hydrogens is 404 g/mol. The van der Waals surface area contributed by atoms with Gasteiger partial charge in [0.25, 0.3) is 0 Å². The predicted octanol–water partition coefficient (Wildman–Crippen LogP) is 6.91. The summed E-state index contributed by atoms with van der Waals surface area (Å²) >= 11 is 6.30. The molecule has 2 aliphatic carbocycles. The second-order valence-corrected chi connectivity index (χ2v) is 10.9. The molecule has 3 nitrogen and oxygen atoms in total. The van der Waals surface area contributed by atoms with E-state index in [1.807, 2.05) is 12.1 Å². The van der Waals surface area contributed by atoms with Gasteiger partial charge in [-0.05, 0) is 73.0 Å². The van der Waals surface area contributed by atoms with Gasteiger partial charge in [-0.1, -0.05) is 63.1 Å². The summed E-state index contributed by atoms with van der Waals surface area (Å²) < 4.78 is 0. The molecule has 4 heteroatoms. The number of rotatable bonds is 8. The zero-order valence-corrected chi connectivity index (χ0v) is 19.9. The molecule has 0 N–H and O–H groups in total. The van der Waals surface area contributed by atoms with E-state index in [1.165, 1.54) is 63.4 Å². The fraction of sp³-hybridized carbons (Fsp3) is 0.704. The minimum Gasteiger partial charge on any atom is -0.342 e. The van der Waals surface area contributed by atoms with E-state index < -0.39 is 0 Å². The summed E-state index contributed by atoms with van der Waals surface area (Å²) in [5.41, 5.74) is 2.53. The van der Waals surface area contributed by atoms with Gasteiger partial charge in [0.05, 0.1) is 10.6 Å². The quantitative estimate of drug-likeness (QED) is 0.440. The molecule has 1 spiro atoms. The van der Waals surface area contributed by atoms with E-state index in [0.29, 0.717) is 33.7 Å². The summed E-state index contributed by atoms with van der Waals surface area (Å²) in [6.45, 7) is 4.10. The van der Waals surface area contributed by atoms with Crippen molar-refractivity contribution in [3.8, 4) is 6.07 Å². The molecule has 2 atom stereocenters. The topological polar surface area (TPSA) is 44.1 Å².